The highest BCUT2D eigenvalue weighted by molar-refractivity contribution is 9.10. The van der Waals surface area contributed by atoms with Crippen molar-refractivity contribution in [3.8, 4) is 5.75 Å². The van der Waals surface area contributed by atoms with Crippen LogP contribution in [0.25, 0.3) is 0 Å². The van der Waals surface area contributed by atoms with Gasteiger partial charge in [-0.3, -0.25) is 4.79 Å². The van der Waals surface area contributed by atoms with Crippen LogP contribution < -0.4 is 21.3 Å². The number of halogens is 1. The lowest BCUT2D eigenvalue weighted by Gasteiger charge is -2.07. The van der Waals surface area contributed by atoms with Gasteiger partial charge in [0.05, 0.1) is 19.1 Å². The van der Waals surface area contributed by atoms with Gasteiger partial charge in [0.1, 0.15) is 5.75 Å². The number of carbonyl (C=O) groups excluding carboxylic acids is 1. The van der Waals surface area contributed by atoms with Gasteiger partial charge in [-0.25, -0.2) is 10.1 Å². The smallest absolute Gasteiger partial charge is 0.264 e. The van der Waals surface area contributed by atoms with E-state index in [1.54, 1.807) is 13.3 Å². The van der Waals surface area contributed by atoms with E-state index in [0.29, 0.717) is 10.9 Å². The van der Waals surface area contributed by atoms with Crippen molar-refractivity contribution in [2.24, 2.45) is 5.10 Å². The molecule has 0 unspecified atom stereocenters. The van der Waals surface area contributed by atoms with Gasteiger partial charge in [0.2, 0.25) is 11.1 Å². The minimum atomic E-state index is -0.161. The third-order valence-corrected chi connectivity index (χ3v) is 5.41. The van der Waals surface area contributed by atoms with E-state index in [-0.39, 0.29) is 17.6 Å². The number of aryl methyl sites for hydroxylation is 1. The number of benzene rings is 2. The number of para-hydroxylation sites is 1. The number of hydrogen-bond acceptors (Lipinski definition) is 8. The maximum absolute atomic E-state index is 12.2. The van der Waals surface area contributed by atoms with Crippen LogP contribution in [0.3, 0.4) is 0 Å². The zero-order valence-electron chi connectivity index (χ0n) is 16.3. The van der Waals surface area contributed by atoms with Crippen molar-refractivity contribution in [3.05, 3.63) is 58.1 Å². The van der Waals surface area contributed by atoms with Crippen molar-refractivity contribution < 1.29 is 9.53 Å². The molecule has 0 spiro atoms. The van der Waals surface area contributed by atoms with E-state index in [0.717, 1.165) is 21.3 Å². The molecule has 0 aliphatic rings. The van der Waals surface area contributed by atoms with E-state index in [2.05, 4.69) is 42.0 Å². The lowest BCUT2D eigenvalue weighted by Crippen LogP contribution is -2.17. The van der Waals surface area contributed by atoms with Gasteiger partial charge < -0.3 is 15.9 Å². The Balaban J connectivity index is 1.57. The third-order valence-electron chi connectivity index (χ3n) is 3.98. The molecule has 0 radical (unpaired) electrons. The Labute approximate surface area is 186 Å². The Morgan fingerprint density at radius 2 is 2.13 bits per heavy atom. The molecule has 9 nitrogen and oxygen atoms in total. The maximum atomic E-state index is 12.2. The number of thioether (sulfide) groups is 1. The predicted molar refractivity (Wildman–Crippen MR) is 123 cm³/mol. The van der Waals surface area contributed by atoms with Gasteiger partial charge in [-0.2, -0.15) is 5.10 Å². The topological polar surface area (TPSA) is 119 Å². The molecule has 2 aromatic carbocycles. The number of methoxy groups -OCH3 is 1. The first-order chi connectivity index (χ1) is 14.5. The Morgan fingerprint density at radius 1 is 1.33 bits per heavy atom. The molecule has 1 aromatic heterocycles. The molecular formula is C19H20BrN7O2S. The summed E-state index contributed by atoms with van der Waals surface area (Å²) in [6.07, 6.45) is 1.58. The van der Waals surface area contributed by atoms with Crippen molar-refractivity contribution >= 4 is 51.4 Å². The summed E-state index contributed by atoms with van der Waals surface area (Å²) < 4.78 is 7.43. The number of hydrazone groups is 1. The summed E-state index contributed by atoms with van der Waals surface area (Å²) in [5, 5.41) is 15.3. The van der Waals surface area contributed by atoms with E-state index in [1.807, 2.05) is 49.4 Å². The van der Waals surface area contributed by atoms with Gasteiger partial charge in [-0.05, 0) is 36.8 Å². The number of rotatable bonds is 8. The number of nitrogens with two attached hydrogens (primary N) is 1. The molecule has 30 heavy (non-hydrogen) atoms. The number of aromatic nitrogens is 3. The number of ether oxygens (including phenoxy) is 1. The first-order valence-corrected chi connectivity index (χ1v) is 10.6. The number of carbonyl (C=O) groups is 1. The zero-order chi connectivity index (χ0) is 21.5. The Kier molecular flexibility index (Phi) is 7.31. The molecule has 4 N–H and O–H groups in total. The summed E-state index contributed by atoms with van der Waals surface area (Å²) in [5.74, 6) is 6.89. The molecule has 0 fully saturated rings. The second-order valence-corrected chi connectivity index (χ2v) is 7.94. The summed E-state index contributed by atoms with van der Waals surface area (Å²) in [4.78, 5) is 12.2. The van der Waals surface area contributed by atoms with E-state index < -0.39 is 0 Å². The van der Waals surface area contributed by atoms with Gasteiger partial charge in [-0.1, -0.05) is 45.9 Å². The number of amides is 1. The fraction of sp³-hybridized carbons (Fsp3) is 0.158. The van der Waals surface area contributed by atoms with E-state index in [9.17, 15) is 4.79 Å². The van der Waals surface area contributed by atoms with Crippen molar-refractivity contribution in [1.29, 1.82) is 0 Å². The molecule has 3 aromatic rings. The normalized spacial score (nSPS) is 10.9. The zero-order valence-corrected chi connectivity index (χ0v) is 18.7. The summed E-state index contributed by atoms with van der Waals surface area (Å²) in [7, 11) is 1.59. The van der Waals surface area contributed by atoms with Crippen LogP contribution in [0.5, 0.6) is 5.75 Å². The molecule has 0 atom stereocenters. The number of nitrogen functional groups attached to an aromatic ring is 1. The van der Waals surface area contributed by atoms with Crippen LogP contribution in [-0.4, -0.2) is 39.9 Å². The fourth-order valence-corrected chi connectivity index (χ4v) is 3.48. The van der Waals surface area contributed by atoms with Crippen molar-refractivity contribution in [2.75, 3.05) is 29.4 Å². The van der Waals surface area contributed by atoms with Gasteiger partial charge in [-0.15, -0.1) is 10.2 Å². The Morgan fingerprint density at radius 3 is 2.90 bits per heavy atom. The molecule has 0 bridgehead atoms. The number of nitrogens with one attached hydrogen (secondary N) is 2. The third kappa shape index (κ3) is 5.51. The number of anilines is 2. The quantitative estimate of drug-likeness (QED) is 0.192. The summed E-state index contributed by atoms with van der Waals surface area (Å²) >= 11 is 4.58. The van der Waals surface area contributed by atoms with Gasteiger partial charge >= 0.3 is 0 Å². The van der Waals surface area contributed by atoms with E-state index in [1.165, 1.54) is 16.4 Å². The van der Waals surface area contributed by atoms with Gasteiger partial charge in [0.25, 0.3) is 5.95 Å². The minimum Gasteiger partial charge on any atom is -0.496 e. The summed E-state index contributed by atoms with van der Waals surface area (Å²) in [6, 6.07) is 13.1. The van der Waals surface area contributed by atoms with Crippen molar-refractivity contribution in [1.82, 2.24) is 14.9 Å². The lowest BCUT2D eigenvalue weighted by molar-refractivity contribution is -0.113. The molecule has 11 heteroatoms. The molecule has 156 valence electrons. The highest BCUT2D eigenvalue weighted by Crippen LogP contribution is 2.22. The van der Waals surface area contributed by atoms with Crippen LogP contribution >= 0.6 is 27.7 Å². The van der Waals surface area contributed by atoms with Crippen LogP contribution in [0.4, 0.5) is 11.6 Å². The van der Waals surface area contributed by atoms with Crippen molar-refractivity contribution in [2.45, 2.75) is 12.1 Å². The highest BCUT2D eigenvalue weighted by atomic mass is 79.9. The van der Waals surface area contributed by atoms with E-state index >= 15 is 0 Å². The van der Waals surface area contributed by atoms with Crippen LogP contribution in [0, 0.1) is 6.92 Å². The molecule has 0 aliphatic heterocycles. The monoisotopic (exact) mass is 489 g/mol. The van der Waals surface area contributed by atoms with Crippen LogP contribution in [-0.2, 0) is 4.79 Å². The Hall–Kier alpha value is -3.05. The summed E-state index contributed by atoms with van der Waals surface area (Å²) in [6.45, 7) is 1.93. The first kappa shape index (κ1) is 21.7. The number of nitrogens with zero attached hydrogens (tertiary/aromatic N) is 4. The molecule has 0 aliphatic carbocycles. The van der Waals surface area contributed by atoms with Gasteiger partial charge in [0.15, 0.2) is 0 Å². The molecule has 3 rings (SSSR count). The fourth-order valence-electron chi connectivity index (χ4n) is 2.45. The molecule has 0 saturated heterocycles. The second kappa shape index (κ2) is 10.1. The van der Waals surface area contributed by atoms with Crippen LogP contribution in [0.2, 0.25) is 0 Å². The SMILES string of the molecule is COc1ccc(Br)cc1/C=N/Nc1nnc(SCC(=O)Nc2ccccc2C)n1N. The molecular weight excluding hydrogens is 470 g/mol. The lowest BCUT2D eigenvalue weighted by atomic mass is 10.2. The van der Waals surface area contributed by atoms with Gasteiger partial charge in [0, 0.05) is 15.7 Å². The molecule has 1 amide bonds. The Bertz CT molecular complexity index is 1070. The second-order valence-electron chi connectivity index (χ2n) is 6.08. The van der Waals surface area contributed by atoms with E-state index in [4.69, 9.17) is 10.6 Å². The molecule has 1 heterocycles. The van der Waals surface area contributed by atoms with Crippen LogP contribution in [0.15, 0.2) is 57.2 Å². The number of hydrogen-bond donors (Lipinski definition) is 3. The maximum Gasteiger partial charge on any atom is 0.264 e. The predicted octanol–water partition coefficient (Wildman–Crippen LogP) is 3.25. The minimum absolute atomic E-state index is 0.141. The highest BCUT2D eigenvalue weighted by Gasteiger charge is 2.12. The first-order valence-electron chi connectivity index (χ1n) is 8.79. The average molecular weight is 490 g/mol. The van der Waals surface area contributed by atoms with Crippen LogP contribution in [0.1, 0.15) is 11.1 Å². The van der Waals surface area contributed by atoms with Crippen molar-refractivity contribution in [3.63, 3.8) is 0 Å². The molecule has 0 saturated carbocycles. The largest absolute Gasteiger partial charge is 0.496 e. The summed E-state index contributed by atoms with van der Waals surface area (Å²) in [5.41, 5.74) is 5.27. The standard InChI is InChI=1S/C19H20BrN7O2S/c1-12-5-3-4-6-15(12)23-17(28)11-30-19-26-25-18(27(19)21)24-22-10-13-9-14(20)7-8-16(13)29-2/h3-10H,11,21H2,1-2H3,(H,23,28)(H,24,25)/b22-10+. The average Bonchev–Trinajstić information content (AvgIpc) is 3.08.